The fourth-order valence-corrected chi connectivity index (χ4v) is 3.19. The largest absolute Gasteiger partial charge is 0.435 e. The minimum absolute atomic E-state index is 0. The van der Waals surface area contributed by atoms with Gasteiger partial charge in [0.05, 0.1) is 35.8 Å². The normalized spacial score (nSPS) is 15.8. The molecule has 0 aliphatic carbocycles. The molecule has 170 valence electrons. The molecule has 0 radical (unpaired) electrons. The number of hydrogen-bond acceptors (Lipinski definition) is 5. The zero-order valence-electron chi connectivity index (χ0n) is 16.6. The van der Waals surface area contributed by atoms with Crippen molar-refractivity contribution in [1.29, 1.82) is 0 Å². The van der Waals surface area contributed by atoms with E-state index in [4.69, 9.17) is 4.74 Å². The molecule has 2 heterocycles. The molecule has 3 aromatic rings. The van der Waals surface area contributed by atoms with Crippen molar-refractivity contribution in [2.75, 3.05) is 25.0 Å². The molecule has 1 unspecified atom stereocenters. The van der Waals surface area contributed by atoms with Crippen molar-refractivity contribution in [2.45, 2.75) is 12.7 Å². The van der Waals surface area contributed by atoms with Gasteiger partial charge in [0, 0.05) is 25.4 Å². The van der Waals surface area contributed by atoms with Gasteiger partial charge < -0.3 is 20.1 Å². The van der Waals surface area contributed by atoms with Gasteiger partial charge in [-0.2, -0.15) is 13.9 Å². The highest BCUT2D eigenvalue weighted by molar-refractivity contribution is 6.04. The van der Waals surface area contributed by atoms with Gasteiger partial charge in [-0.25, -0.2) is 9.07 Å². The van der Waals surface area contributed by atoms with Gasteiger partial charge in [0.2, 0.25) is 0 Å². The summed E-state index contributed by atoms with van der Waals surface area (Å²) in [4.78, 5) is 12.5. The summed E-state index contributed by atoms with van der Waals surface area (Å²) in [7, 11) is 0. The first kappa shape index (κ1) is 23.6. The van der Waals surface area contributed by atoms with E-state index in [0.717, 1.165) is 6.54 Å². The summed E-state index contributed by atoms with van der Waals surface area (Å²) < 4.78 is 50.6. The molecule has 0 bridgehead atoms. The topological polar surface area (TPSA) is 77.4 Å². The SMILES string of the molecule is Cl.O=C(Nc1ccc(C2CNCCO2)cc1F)c1cnn(-c2cccc(OC(F)F)c2)c1. The number of nitrogens with one attached hydrogen (secondary N) is 2. The van der Waals surface area contributed by atoms with E-state index >= 15 is 0 Å². The van der Waals surface area contributed by atoms with Crippen LogP contribution in [0, 0.1) is 5.82 Å². The second kappa shape index (κ2) is 10.5. The Morgan fingerprint density at radius 1 is 1.28 bits per heavy atom. The van der Waals surface area contributed by atoms with E-state index in [9.17, 15) is 18.0 Å². The Kier molecular flexibility index (Phi) is 7.73. The van der Waals surface area contributed by atoms with Crippen LogP contribution in [0.3, 0.4) is 0 Å². The lowest BCUT2D eigenvalue weighted by molar-refractivity contribution is -0.0498. The number of rotatable bonds is 6. The molecule has 2 N–H and O–H groups in total. The minimum atomic E-state index is -2.95. The van der Waals surface area contributed by atoms with Crippen molar-refractivity contribution in [1.82, 2.24) is 15.1 Å². The third-order valence-electron chi connectivity index (χ3n) is 4.69. The Morgan fingerprint density at radius 3 is 2.84 bits per heavy atom. The lowest BCUT2D eigenvalue weighted by Crippen LogP contribution is -2.33. The van der Waals surface area contributed by atoms with Crippen LogP contribution in [0.1, 0.15) is 22.0 Å². The Bertz CT molecular complexity index is 1070. The molecule has 1 amide bonds. The van der Waals surface area contributed by atoms with Gasteiger partial charge in [0.25, 0.3) is 5.91 Å². The van der Waals surface area contributed by atoms with Crippen LogP contribution in [0.5, 0.6) is 5.75 Å². The number of nitrogens with zero attached hydrogens (tertiary/aromatic N) is 2. The van der Waals surface area contributed by atoms with Gasteiger partial charge in [-0.3, -0.25) is 4.79 Å². The Hall–Kier alpha value is -3.08. The number of hydrogen-bond donors (Lipinski definition) is 2. The molecule has 1 fully saturated rings. The number of alkyl halides is 2. The second-order valence-electron chi connectivity index (χ2n) is 6.81. The predicted molar refractivity (Wildman–Crippen MR) is 113 cm³/mol. The number of carbonyl (C=O) groups is 1. The maximum absolute atomic E-state index is 14.5. The average Bonchev–Trinajstić information content (AvgIpc) is 3.26. The van der Waals surface area contributed by atoms with Crippen molar-refractivity contribution < 1.29 is 27.4 Å². The first-order valence-electron chi connectivity index (χ1n) is 9.52. The summed E-state index contributed by atoms with van der Waals surface area (Å²) in [6.45, 7) is -1.05. The molecule has 4 rings (SSSR count). The van der Waals surface area contributed by atoms with E-state index in [1.165, 1.54) is 47.4 Å². The van der Waals surface area contributed by atoms with E-state index in [0.29, 0.717) is 24.4 Å². The van der Waals surface area contributed by atoms with Gasteiger partial charge in [-0.1, -0.05) is 12.1 Å². The van der Waals surface area contributed by atoms with Crippen LogP contribution in [0.25, 0.3) is 5.69 Å². The maximum atomic E-state index is 14.5. The van der Waals surface area contributed by atoms with Crippen LogP contribution in [-0.4, -0.2) is 42.0 Å². The van der Waals surface area contributed by atoms with Crippen molar-refractivity contribution >= 4 is 24.0 Å². The van der Waals surface area contributed by atoms with Gasteiger partial charge in [0.1, 0.15) is 11.6 Å². The molecule has 7 nitrogen and oxygen atoms in total. The van der Waals surface area contributed by atoms with E-state index in [-0.39, 0.29) is 35.5 Å². The van der Waals surface area contributed by atoms with E-state index in [1.54, 1.807) is 12.1 Å². The van der Waals surface area contributed by atoms with Gasteiger partial charge in [-0.05, 0) is 29.8 Å². The Morgan fingerprint density at radius 2 is 2.12 bits per heavy atom. The van der Waals surface area contributed by atoms with Crippen molar-refractivity contribution in [3.05, 3.63) is 71.8 Å². The molecule has 1 aromatic heterocycles. The number of aromatic nitrogens is 2. The van der Waals surface area contributed by atoms with Crippen LogP contribution in [0.15, 0.2) is 54.9 Å². The molecule has 1 aliphatic rings. The lowest BCUT2D eigenvalue weighted by atomic mass is 10.1. The average molecular weight is 469 g/mol. The van der Waals surface area contributed by atoms with Crippen LogP contribution in [0.4, 0.5) is 18.9 Å². The predicted octanol–water partition coefficient (Wildman–Crippen LogP) is 3.95. The number of carbonyl (C=O) groups excluding carboxylic acids is 1. The van der Waals surface area contributed by atoms with Crippen molar-refractivity contribution in [3.8, 4) is 11.4 Å². The van der Waals surface area contributed by atoms with Crippen molar-refractivity contribution in [2.24, 2.45) is 0 Å². The molecule has 0 spiro atoms. The van der Waals surface area contributed by atoms with Gasteiger partial charge in [-0.15, -0.1) is 12.4 Å². The second-order valence-corrected chi connectivity index (χ2v) is 6.81. The smallest absolute Gasteiger partial charge is 0.387 e. The quantitative estimate of drug-likeness (QED) is 0.573. The third kappa shape index (κ3) is 5.58. The first-order chi connectivity index (χ1) is 15.0. The van der Waals surface area contributed by atoms with Gasteiger partial charge >= 0.3 is 6.61 Å². The number of anilines is 1. The summed E-state index contributed by atoms with van der Waals surface area (Å²) in [6.07, 6.45) is 2.46. The standard InChI is InChI=1S/C21H19F3N4O3.ClH/c22-17-8-13(19-11-25-6-7-30-19)4-5-18(17)27-20(29)14-10-26-28(12-14)15-2-1-3-16(9-15)31-21(23)24;/h1-5,8-10,12,19,21,25H,6-7,11H2,(H,27,29);1H. The summed E-state index contributed by atoms with van der Waals surface area (Å²) >= 11 is 0. The van der Waals surface area contributed by atoms with Crippen LogP contribution in [0.2, 0.25) is 0 Å². The Balaban J connectivity index is 0.00000289. The summed E-state index contributed by atoms with van der Waals surface area (Å²) in [5, 5.41) is 9.75. The summed E-state index contributed by atoms with van der Waals surface area (Å²) in [5.74, 6) is -1.17. The molecule has 0 saturated carbocycles. The summed E-state index contributed by atoms with van der Waals surface area (Å²) in [5.41, 5.74) is 1.30. The summed E-state index contributed by atoms with van der Waals surface area (Å²) in [6, 6.07) is 10.4. The van der Waals surface area contributed by atoms with Crippen LogP contribution >= 0.6 is 12.4 Å². The van der Waals surface area contributed by atoms with E-state index < -0.39 is 18.3 Å². The third-order valence-corrected chi connectivity index (χ3v) is 4.69. The zero-order valence-corrected chi connectivity index (χ0v) is 17.4. The molecule has 32 heavy (non-hydrogen) atoms. The lowest BCUT2D eigenvalue weighted by Gasteiger charge is -2.24. The Labute approximate surface area is 187 Å². The minimum Gasteiger partial charge on any atom is -0.435 e. The van der Waals surface area contributed by atoms with Gasteiger partial charge in [0.15, 0.2) is 0 Å². The van der Waals surface area contributed by atoms with E-state index in [1.807, 2.05) is 0 Å². The zero-order chi connectivity index (χ0) is 21.8. The first-order valence-corrected chi connectivity index (χ1v) is 9.52. The molecular formula is C21H20ClF3N4O3. The van der Waals surface area contributed by atoms with Crippen LogP contribution < -0.4 is 15.4 Å². The number of amides is 1. The monoisotopic (exact) mass is 468 g/mol. The highest BCUT2D eigenvalue weighted by Gasteiger charge is 2.18. The number of halogens is 4. The number of benzene rings is 2. The molecule has 1 aliphatic heterocycles. The molecular weight excluding hydrogens is 449 g/mol. The fourth-order valence-electron chi connectivity index (χ4n) is 3.19. The molecule has 1 atom stereocenters. The highest BCUT2D eigenvalue weighted by Crippen LogP contribution is 2.24. The van der Waals surface area contributed by atoms with E-state index in [2.05, 4.69) is 20.5 Å². The fraction of sp³-hybridized carbons (Fsp3) is 0.238. The highest BCUT2D eigenvalue weighted by atomic mass is 35.5. The molecule has 11 heteroatoms. The maximum Gasteiger partial charge on any atom is 0.387 e. The van der Waals surface area contributed by atoms with Crippen molar-refractivity contribution in [3.63, 3.8) is 0 Å². The van der Waals surface area contributed by atoms with Crippen LogP contribution in [-0.2, 0) is 4.74 Å². The molecule has 2 aromatic carbocycles. The number of ether oxygens (including phenoxy) is 2. The molecule has 1 saturated heterocycles. The number of morpholine rings is 1.